The van der Waals surface area contributed by atoms with Crippen LogP contribution in [-0.2, 0) is 9.57 Å². The van der Waals surface area contributed by atoms with Gasteiger partial charge in [0.25, 0.3) is 0 Å². The average Bonchev–Trinajstić information content (AvgIpc) is 2.35. The predicted octanol–water partition coefficient (Wildman–Crippen LogP) is 2.75. The van der Waals surface area contributed by atoms with E-state index in [0.29, 0.717) is 12.5 Å². The Labute approximate surface area is 122 Å². The lowest BCUT2D eigenvalue weighted by Gasteiger charge is -2.44. The first-order valence-electron chi connectivity index (χ1n) is 6.90. The molecule has 1 aliphatic heterocycles. The van der Waals surface area contributed by atoms with Crippen LogP contribution in [0.25, 0.3) is 0 Å². The molecular formula is C14H27ClN2O2. The van der Waals surface area contributed by atoms with Crippen molar-refractivity contribution in [2.24, 2.45) is 10.6 Å². The molecule has 0 aromatic heterocycles. The summed E-state index contributed by atoms with van der Waals surface area (Å²) in [4.78, 5) is 7.81. The minimum atomic E-state index is 0.0749. The lowest BCUT2D eigenvalue weighted by atomic mass is 9.79. The second-order valence-corrected chi connectivity index (χ2v) is 6.78. The molecule has 0 atom stereocenters. The maximum atomic E-state index is 5.51. The van der Waals surface area contributed by atoms with E-state index in [0.717, 1.165) is 32.7 Å². The van der Waals surface area contributed by atoms with E-state index in [4.69, 9.17) is 21.2 Å². The highest BCUT2D eigenvalue weighted by molar-refractivity contribution is 6.24. The number of hydrogen-bond donors (Lipinski definition) is 0. The summed E-state index contributed by atoms with van der Waals surface area (Å²) in [6.07, 6.45) is 2.63. The molecule has 0 aromatic rings. The minimum absolute atomic E-state index is 0.0749. The molecule has 0 radical (unpaired) electrons. The Morgan fingerprint density at radius 3 is 2.47 bits per heavy atom. The quantitative estimate of drug-likeness (QED) is 0.411. The zero-order chi connectivity index (χ0) is 14.4. The molecule has 5 heteroatoms. The fourth-order valence-corrected chi connectivity index (χ4v) is 2.85. The van der Waals surface area contributed by atoms with E-state index in [-0.39, 0.29) is 11.0 Å². The highest BCUT2D eigenvalue weighted by atomic mass is 35.5. The monoisotopic (exact) mass is 290 g/mol. The highest BCUT2D eigenvalue weighted by Gasteiger charge is 2.34. The van der Waals surface area contributed by atoms with E-state index in [1.165, 1.54) is 0 Å². The van der Waals surface area contributed by atoms with E-state index in [2.05, 4.69) is 37.8 Å². The smallest absolute Gasteiger partial charge is 0.122 e. The van der Waals surface area contributed by atoms with Crippen molar-refractivity contribution in [1.29, 1.82) is 0 Å². The Balaban J connectivity index is 2.46. The van der Waals surface area contributed by atoms with Crippen LogP contribution in [0, 0.1) is 5.41 Å². The lowest BCUT2D eigenvalue weighted by molar-refractivity contribution is -0.0363. The Kier molecular flexibility index (Phi) is 6.57. The van der Waals surface area contributed by atoms with Crippen LogP contribution in [0.5, 0.6) is 0 Å². The molecule has 112 valence electrons. The number of morpholine rings is 1. The van der Waals surface area contributed by atoms with Gasteiger partial charge in [-0.05, 0) is 20.3 Å². The molecule has 1 heterocycles. The third-order valence-electron chi connectivity index (χ3n) is 3.45. The summed E-state index contributed by atoms with van der Waals surface area (Å²) < 4.78 is 5.42. The predicted molar refractivity (Wildman–Crippen MR) is 80.0 cm³/mol. The standard InChI is InChI=1S/C14H27ClN2O2/c1-13(2,12-19-16-6-5-15)11-14(3,4)17-7-9-18-10-8-17/h6H,5,7-12H2,1-4H3/b16-6+. The van der Waals surface area contributed by atoms with Gasteiger partial charge in [-0.15, -0.1) is 11.6 Å². The topological polar surface area (TPSA) is 34.1 Å². The summed E-state index contributed by atoms with van der Waals surface area (Å²) in [6.45, 7) is 13.3. The summed E-state index contributed by atoms with van der Waals surface area (Å²) >= 11 is 5.51. The molecule has 0 bridgehead atoms. The van der Waals surface area contributed by atoms with Gasteiger partial charge in [-0.2, -0.15) is 0 Å². The molecule has 0 aromatic carbocycles. The summed E-state index contributed by atoms with van der Waals surface area (Å²) in [7, 11) is 0. The number of halogens is 1. The summed E-state index contributed by atoms with van der Waals surface area (Å²) in [6, 6.07) is 0. The second-order valence-electron chi connectivity index (χ2n) is 6.47. The maximum absolute atomic E-state index is 5.51. The molecule has 19 heavy (non-hydrogen) atoms. The third kappa shape index (κ3) is 6.11. The van der Waals surface area contributed by atoms with Crippen LogP contribution in [0.1, 0.15) is 34.1 Å². The molecule has 0 N–H and O–H groups in total. The Bertz CT molecular complexity index is 287. The van der Waals surface area contributed by atoms with Gasteiger partial charge in [-0.1, -0.05) is 19.0 Å². The molecule has 0 amide bonds. The fraction of sp³-hybridized carbons (Fsp3) is 0.929. The molecule has 0 spiro atoms. The van der Waals surface area contributed by atoms with Crippen molar-refractivity contribution in [3.63, 3.8) is 0 Å². The molecule has 1 fully saturated rings. The SMILES string of the molecule is CC(C)(CO/N=C/CCl)CC(C)(C)N1CCOCC1. The second kappa shape index (κ2) is 7.46. The van der Waals surface area contributed by atoms with E-state index in [9.17, 15) is 0 Å². The maximum Gasteiger partial charge on any atom is 0.122 e. The number of oxime groups is 1. The molecule has 4 nitrogen and oxygen atoms in total. The van der Waals surface area contributed by atoms with Gasteiger partial charge < -0.3 is 9.57 Å². The van der Waals surface area contributed by atoms with Crippen molar-refractivity contribution in [1.82, 2.24) is 4.90 Å². The Hall–Kier alpha value is -0.320. The van der Waals surface area contributed by atoms with Gasteiger partial charge in [-0.3, -0.25) is 4.90 Å². The van der Waals surface area contributed by atoms with Gasteiger partial charge >= 0.3 is 0 Å². The zero-order valence-corrected chi connectivity index (χ0v) is 13.4. The number of ether oxygens (including phenoxy) is 1. The Morgan fingerprint density at radius 2 is 1.89 bits per heavy atom. The molecular weight excluding hydrogens is 264 g/mol. The van der Waals surface area contributed by atoms with Crippen LogP contribution < -0.4 is 0 Å². The molecule has 1 aliphatic rings. The van der Waals surface area contributed by atoms with Crippen LogP contribution >= 0.6 is 11.6 Å². The normalized spacial score (nSPS) is 19.0. The molecule has 0 aliphatic carbocycles. The first kappa shape index (κ1) is 16.7. The molecule has 1 rings (SSSR count). The van der Waals surface area contributed by atoms with Crippen LogP contribution in [0.15, 0.2) is 5.16 Å². The number of rotatable bonds is 7. The molecule has 0 unspecified atom stereocenters. The lowest BCUT2D eigenvalue weighted by Crippen LogP contribution is -2.52. The van der Waals surface area contributed by atoms with E-state index >= 15 is 0 Å². The van der Waals surface area contributed by atoms with Crippen molar-refractivity contribution in [2.75, 3.05) is 38.8 Å². The van der Waals surface area contributed by atoms with Crippen LogP contribution in [0.3, 0.4) is 0 Å². The van der Waals surface area contributed by atoms with Gasteiger partial charge in [-0.25, -0.2) is 0 Å². The van der Waals surface area contributed by atoms with Gasteiger partial charge in [0.05, 0.1) is 25.3 Å². The summed E-state index contributed by atoms with van der Waals surface area (Å²) in [5.41, 5.74) is 0.221. The largest absolute Gasteiger partial charge is 0.395 e. The van der Waals surface area contributed by atoms with Crippen LogP contribution in [0.2, 0.25) is 0 Å². The molecule has 0 saturated carbocycles. The highest BCUT2D eigenvalue weighted by Crippen LogP contribution is 2.32. The third-order valence-corrected chi connectivity index (χ3v) is 3.59. The summed E-state index contributed by atoms with van der Waals surface area (Å²) in [5.74, 6) is 0.389. The Morgan fingerprint density at radius 1 is 1.26 bits per heavy atom. The number of hydrogen-bond acceptors (Lipinski definition) is 4. The van der Waals surface area contributed by atoms with Crippen molar-refractivity contribution < 1.29 is 9.57 Å². The van der Waals surface area contributed by atoms with E-state index < -0.39 is 0 Å². The van der Waals surface area contributed by atoms with Crippen molar-refractivity contribution in [2.45, 2.75) is 39.7 Å². The first-order chi connectivity index (χ1) is 8.87. The fourth-order valence-electron chi connectivity index (χ4n) is 2.80. The van der Waals surface area contributed by atoms with Gasteiger partial charge in [0.2, 0.25) is 0 Å². The molecule has 1 saturated heterocycles. The van der Waals surface area contributed by atoms with Crippen LogP contribution in [-0.4, -0.2) is 55.4 Å². The minimum Gasteiger partial charge on any atom is -0.395 e. The van der Waals surface area contributed by atoms with E-state index in [1.54, 1.807) is 6.21 Å². The summed E-state index contributed by atoms with van der Waals surface area (Å²) in [5, 5.41) is 3.83. The van der Waals surface area contributed by atoms with Gasteiger partial charge in [0, 0.05) is 24.0 Å². The number of nitrogens with zero attached hydrogens (tertiary/aromatic N) is 2. The van der Waals surface area contributed by atoms with Crippen molar-refractivity contribution in [3.8, 4) is 0 Å². The van der Waals surface area contributed by atoms with Gasteiger partial charge in [0.15, 0.2) is 0 Å². The van der Waals surface area contributed by atoms with Crippen LogP contribution in [0.4, 0.5) is 0 Å². The van der Waals surface area contributed by atoms with Crippen molar-refractivity contribution >= 4 is 17.8 Å². The zero-order valence-electron chi connectivity index (χ0n) is 12.6. The van der Waals surface area contributed by atoms with E-state index in [1.807, 2.05) is 0 Å². The van der Waals surface area contributed by atoms with Crippen molar-refractivity contribution in [3.05, 3.63) is 0 Å². The first-order valence-corrected chi connectivity index (χ1v) is 7.43. The average molecular weight is 291 g/mol. The van der Waals surface area contributed by atoms with Gasteiger partial charge in [0.1, 0.15) is 6.61 Å². The number of alkyl halides is 1.